The van der Waals surface area contributed by atoms with Crippen LogP contribution in [0.2, 0.25) is 0 Å². The van der Waals surface area contributed by atoms with E-state index in [0.717, 1.165) is 6.42 Å². The van der Waals surface area contributed by atoms with E-state index in [1.54, 1.807) is 0 Å². The first-order chi connectivity index (χ1) is 7.72. The Morgan fingerprint density at radius 3 is 2.44 bits per heavy atom. The molecule has 1 aromatic carbocycles. The van der Waals surface area contributed by atoms with Gasteiger partial charge in [0, 0.05) is 6.42 Å². The fourth-order valence-corrected chi connectivity index (χ4v) is 1.30. The molecule has 0 spiro atoms. The van der Waals surface area contributed by atoms with Crippen LogP contribution in [0.3, 0.4) is 0 Å². The molecule has 0 aliphatic heterocycles. The molecule has 0 fully saturated rings. The number of nitrogens with two attached hydrogens (primary N) is 1. The van der Waals surface area contributed by atoms with Gasteiger partial charge in [-0.2, -0.15) is 0 Å². The van der Waals surface area contributed by atoms with Crippen molar-refractivity contribution in [3.05, 3.63) is 35.9 Å². The Morgan fingerprint density at radius 1 is 1.12 bits per heavy atom. The molecule has 0 aliphatic rings. The Balaban J connectivity index is 2.21. The molecule has 0 saturated carbocycles. The molecule has 16 heavy (non-hydrogen) atoms. The number of ether oxygens (including phenoxy) is 1. The second kappa shape index (κ2) is 6.74. The molecule has 4 heteroatoms. The van der Waals surface area contributed by atoms with Gasteiger partial charge in [-0.25, -0.2) is 0 Å². The number of benzene rings is 1. The minimum absolute atomic E-state index is 0.237. The zero-order valence-electron chi connectivity index (χ0n) is 9.02. The van der Waals surface area contributed by atoms with Gasteiger partial charge in [0.2, 0.25) is 0 Å². The van der Waals surface area contributed by atoms with Crippen molar-refractivity contribution in [3.8, 4) is 0 Å². The van der Waals surface area contributed by atoms with Crippen LogP contribution in [0, 0.1) is 0 Å². The topological polar surface area (TPSA) is 69.4 Å². The molecule has 0 amide bonds. The third kappa shape index (κ3) is 4.70. The van der Waals surface area contributed by atoms with E-state index < -0.39 is 11.9 Å². The molecule has 0 bridgehead atoms. The monoisotopic (exact) mass is 221 g/mol. The lowest BCUT2D eigenvalue weighted by molar-refractivity contribution is -0.158. The Kier molecular flexibility index (Phi) is 5.22. The third-order valence-corrected chi connectivity index (χ3v) is 2.08. The summed E-state index contributed by atoms with van der Waals surface area (Å²) in [4.78, 5) is 21.8. The fraction of sp³-hybridized carbons (Fsp3) is 0.333. The summed E-state index contributed by atoms with van der Waals surface area (Å²) in [5.74, 6) is -1.18. The maximum absolute atomic E-state index is 11.1. The van der Waals surface area contributed by atoms with Crippen LogP contribution >= 0.6 is 0 Å². The normalized spacial score (nSPS) is 9.81. The van der Waals surface area contributed by atoms with Crippen LogP contribution in [-0.4, -0.2) is 18.5 Å². The van der Waals surface area contributed by atoms with Crippen LogP contribution in [0.5, 0.6) is 0 Å². The maximum Gasteiger partial charge on any atom is 0.327 e. The molecule has 0 saturated heterocycles. The molecule has 86 valence electrons. The lowest BCUT2D eigenvalue weighted by Crippen LogP contribution is -2.20. The molecule has 0 heterocycles. The summed E-state index contributed by atoms with van der Waals surface area (Å²) < 4.78 is 4.43. The van der Waals surface area contributed by atoms with Gasteiger partial charge in [0.15, 0.2) is 0 Å². The highest BCUT2D eigenvalue weighted by atomic mass is 16.6. The summed E-state index contributed by atoms with van der Waals surface area (Å²) in [5, 5.41) is 0. The van der Waals surface area contributed by atoms with Crippen molar-refractivity contribution < 1.29 is 14.3 Å². The number of hydrogen-bond donors (Lipinski definition) is 1. The average molecular weight is 221 g/mol. The molecule has 4 nitrogen and oxygen atoms in total. The smallest absolute Gasteiger partial charge is 0.327 e. The first kappa shape index (κ1) is 12.4. The van der Waals surface area contributed by atoms with Gasteiger partial charge in [-0.05, 0) is 18.4 Å². The van der Waals surface area contributed by atoms with Gasteiger partial charge >= 0.3 is 11.9 Å². The van der Waals surface area contributed by atoms with Crippen LogP contribution in [0.25, 0.3) is 0 Å². The predicted molar refractivity (Wildman–Crippen MR) is 59.5 cm³/mol. The van der Waals surface area contributed by atoms with Gasteiger partial charge in [-0.3, -0.25) is 9.59 Å². The summed E-state index contributed by atoms with van der Waals surface area (Å²) in [6.45, 7) is -0.259. The van der Waals surface area contributed by atoms with E-state index in [1.165, 1.54) is 5.56 Å². The van der Waals surface area contributed by atoms with Gasteiger partial charge in [0.05, 0.1) is 6.54 Å². The standard InChI is InChI=1S/C12H15NO3/c13-9-12(15)16-11(14)8-4-7-10-5-2-1-3-6-10/h1-3,5-6H,4,7-9,13H2. The van der Waals surface area contributed by atoms with Crippen LogP contribution in [-0.2, 0) is 20.7 Å². The fourth-order valence-electron chi connectivity index (χ4n) is 1.30. The average Bonchev–Trinajstić information content (AvgIpc) is 2.30. The number of esters is 2. The molecule has 0 aliphatic carbocycles. The molecule has 0 unspecified atom stereocenters. The van der Waals surface area contributed by atoms with Gasteiger partial charge in [0.1, 0.15) is 0 Å². The highest BCUT2D eigenvalue weighted by molar-refractivity contribution is 5.86. The first-order valence-corrected chi connectivity index (χ1v) is 5.20. The highest BCUT2D eigenvalue weighted by Crippen LogP contribution is 2.05. The summed E-state index contributed by atoms with van der Waals surface area (Å²) in [6, 6.07) is 9.83. The van der Waals surface area contributed by atoms with Crippen molar-refractivity contribution in [2.75, 3.05) is 6.54 Å². The molecule has 0 aromatic heterocycles. The van der Waals surface area contributed by atoms with Gasteiger partial charge in [0.25, 0.3) is 0 Å². The number of hydrogen-bond acceptors (Lipinski definition) is 4. The van der Waals surface area contributed by atoms with Crippen molar-refractivity contribution >= 4 is 11.9 Å². The van der Waals surface area contributed by atoms with Gasteiger partial charge in [-0.1, -0.05) is 30.3 Å². The van der Waals surface area contributed by atoms with Crippen LogP contribution in [0.4, 0.5) is 0 Å². The molecular formula is C12H15NO3. The van der Waals surface area contributed by atoms with E-state index in [4.69, 9.17) is 5.73 Å². The summed E-state index contributed by atoms with van der Waals surface area (Å²) >= 11 is 0. The number of aryl methyl sites for hydroxylation is 1. The van der Waals surface area contributed by atoms with Crippen molar-refractivity contribution in [3.63, 3.8) is 0 Å². The van der Waals surface area contributed by atoms with E-state index in [9.17, 15) is 9.59 Å². The lowest BCUT2D eigenvalue weighted by Gasteiger charge is -2.01. The SMILES string of the molecule is NCC(=O)OC(=O)CCCc1ccccc1. The number of rotatable bonds is 5. The predicted octanol–water partition coefficient (Wildman–Crippen LogP) is 1.04. The molecule has 0 radical (unpaired) electrons. The molecule has 1 aromatic rings. The first-order valence-electron chi connectivity index (χ1n) is 5.20. The molecule has 2 N–H and O–H groups in total. The van der Waals surface area contributed by atoms with E-state index in [-0.39, 0.29) is 13.0 Å². The summed E-state index contributed by atoms with van der Waals surface area (Å²) in [5.41, 5.74) is 6.18. The van der Waals surface area contributed by atoms with Crippen molar-refractivity contribution in [1.82, 2.24) is 0 Å². The minimum Gasteiger partial charge on any atom is -0.392 e. The van der Waals surface area contributed by atoms with Crippen molar-refractivity contribution in [1.29, 1.82) is 0 Å². The van der Waals surface area contributed by atoms with E-state index in [0.29, 0.717) is 6.42 Å². The Hall–Kier alpha value is -1.68. The number of carbonyl (C=O) groups excluding carboxylic acids is 2. The Bertz CT molecular complexity index is 349. The summed E-state index contributed by atoms with van der Waals surface area (Å²) in [6.07, 6.45) is 1.70. The Labute approximate surface area is 94.4 Å². The Morgan fingerprint density at radius 2 is 1.81 bits per heavy atom. The largest absolute Gasteiger partial charge is 0.392 e. The number of carbonyl (C=O) groups is 2. The quantitative estimate of drug-likeness (QED) is 0.595. The molecule has 0 atom stereocenters. The van der Waals surface area contributed by atoms with Gasteiger partial charge < -0.3 is 10.5 Å². The van der Waals surface area contributed by atoms with Crippen molar-refractivity contribution in [2.24, 2.45) is 5.73 Å². The van der Waals surface area contributed by atoms with E-state index >= 15 is 0 Å². The third-order valence-electron chi connectivity index (χ3n) is 2.08. The second-order valence-electron chi connectivity index (χ2n) is 3.39. The minimum atomic E-state index is -0.676. The summed E-state index contributed by atoms with van der Waals surface area (Å²) in [7, 11) is 0. The zero-order valence-corrected chi connectivity index (χ0v) is 9.02. The zero-order chi connectivity index (χ0) is 11.8. The molecular weight excluding hydrogens is 206 g/mol. The lowest BCUT2D eigenvalue weighted by atomic mass is 10.1. The second-order valence-corrected chi connectivity index (χ2v) is 3.39. The maximum atomic E-state index is 11.1. The van der Waals surface area contributed by atoms with E-state index in [1.807, 2.05) is 30.3 Å². The van der Waals surface area contributed by atoms with Crippen molar-refractivity contribution in [2.45, 2.75) is 19.3 Å². The van der Waals surface area contributed by atoms with Crippen LogP contribution < -0.4 is 5.73 Å². The van der Waals surface area contributed by atoms with E-state index in [2.05, 4.69) is 4.74 Å². The highest BCUT2D eigenvalue weighted by Gasteiger charge is 2.07. The molecule has 1 rings (SSSR count). The van der Waals surface area contributed by atoms with Gasteiger partial charge in [-0.15, -0.1) is 0 Å². The van der Waals surface area contributed by atoms with Crippen LogP contribution in [0.15, 0.2) is 30.3 Å². The van der Waals surface area contributed by atoms with Crippen LogP contribution in [0.1, 0.15) is 18.4 Å².